The second kappa shape index (κ2) is 7.82. The number of anilines is 2. The van der Waals surface area contributed by atoms with Crippen LogP contribution in [-0.2, 0) is 21.0 Å². The summed E-state index contributed by atoms with van der Waals surface area (Å²) >= 11 is 0. The number of hydrogen-bond acceptors (Lipinski definition) is 4. The summed E-state index contributed by atoms with van der Waals surface area (Å²) in [5.41, 5.74) is 0.309. The number of carbonyl (C=O) groups is 1. The first-order chi connectivity index (χ1) is 14.0. The molecule has 0 aliphatic heterocycles. The largest absolute Gasteiger partial charge is 0.416 e. The van der Waals surface area contributed by atoms with Crippen LogP contribution in [0.3, 0.4) is 0 Å². The van der Waals surface area contributed by atoms with E-state index in [1.807, 2.05) is 0 Å². The Balaban J connectivity index is 1.85. The van der Waals surface area contributed by atoms with Gasteiger partial charge in [0.25, 0.3) is 10.0 Å². The van der Waals surface area contributed by atoms with E-state index in [0.717, 1.165) is 18.2 Å². The van der Waals surface area contributed by atoms with Gasteiger partial charge in [-0.15, -0.1) is 0 Å². The quantitative estimate of drug-likeness (QED) is 0.631. The summed E-state index contributed by atoms with van der Waals surface area (Å²) in [6.07, 6.45) is -4.65. The first-order valence-corrected chi connectivity index (χ1v) is 10.1. The summed E-state index contributed by atoms with van der Waals surface area (Å²) in [7, 11) is -4.22. The zero-order chi connectivity index (χ0) is 22.1. The van der Waals surface area contributed by atoms with Crippen molar-refractivity contribution < 1.29 is 26.4 Å². The SMILES string of the molecule is CC(=O)Nc1cc(C)nn1-c1ccc(NS(=O)(=O)c2cccc(C(F)(F)F)c2)cc1. The molecule has 0 radical (unpaired) electrons. The highest BCUT2D eigenvalue weighted by atomic mass is 32.2. The van der Waals surface area contributed by atoms with E-state index in [1.54, 1.807) is 25.1 Å². The van der Waals surface area contributed by atoms with E-state index in [1.165, 1.54) is 23.7 Å². The first-order valence-electron chi connectivity index (χ1n) is 8.60. The minimum Gasteiger partial charge on any atom is -0.311 e. The number of alkyl halides is 3. The van der Waals surface area contributed by atoms with Gasteiger partial charge in [0.1, 0.15) is 5.82 Å². The summed E-state index contributed by atoms with van der Waals surface area (Å²) < 4.78 is 67.2. The number of nitrogens with one attached hydrogen (secondary N) is 2. The van der Waals surface area contributed by atoms with Gasteiger partial charge in [-0.05, 0) is 49.4 Å². The molecule has 0 atom stereocenters. The highest BCUT2D eigenvalue weighted by molar-refractivity contribution is 7.92. The van der Waals surface area contributed by atoms with Gasteiger partial charge in [0.05, 0.1) is 21.8 Å². The predicted molar refractivity (Wildman–Crippen MR) is 105 cm³/mol. The van der Waals surface area contributed by atoms with Crippen LogP contribution in [-0.4, -0.2) is 24.1 Å². The van der Waals surface area contributed by atoms with Gasteiger partial charge in [-0.3, -0.25) is 9.52 Å². The topological polar surface area (TPSA) is 93.1 Å². The third kappa shape index (κ3) is 4.79. The van der Waals surface area contributed by atoms with Gasteiger partial charge in [0.2, 0.25) is 5.91 Å². The highest BCUT2D eigenvalue weighted by Crippen LogP contribution is 2.31. The summed E-state index contributed by atoms with van der Waals surface area (Å²) in [4.78, 5) is 10.8. The minimum absolute atomic E-state index is 0.154. The Morgan fingerprint density at radius 3 is 2.33 bits per heavy atom. The molecule has 1 amide bonds. The van der Waals surface area contributed by atoms with Gasteiger partial charge in [0.15, 0.2) is 0 Å². The maximum absolute atomic E-state index is 12.9. The van der Waals surface area contributed by atoms with Gasteiger partial charge < -0.3 is 5.32 Å². The lowest BCUT2D eigenvalue weighted by molar-refractivity contribution is -0.137. The number of nitrogens with zero attached hydrogens (tertiary/aromatic N) is 2. The maximum atomic E-state index is 12.9. The fourth-order valence-corrected chi connectivity index (χ4v) is 3.79. The van der Waals surface area contributed by atoms with Crippen LogP contribution in [0.25, 0.3) is 5.69 Å². The third-order valence-electron chi connectivity index (χ3n) is 3.97. The van der Waals surface area contributed by atoms with Crippen LogP contribution < -0.4 is 10.0 Å². The van der Waals surface area contributed by atoms with Crippen LogP contribution in [0.5, 0.6) is 0 Å². The van der Waals surface area contributed by atoms with Crippen LogP contribution in [0.2, 0.25) is 0 Å². The van der Waals surface area contributed by atoms with E-state index in [2.05, 4.69) is 15.1 Å². The van der Waals surface area contributed by atoms with Gasteiger partial charge in [-0.2, -0.15) is 18.3 Å². The second-order valence-corrected chi connectivity index (χ2v) is 8.12. The number of sulfonamides is 1. The van der Waals surface area contributed by atoms with Gasteiger partial charge >= 0.3 is 6.18 Å². The Kier molecular flexibility index (Phi) is 5.57. The van der Waals surface area contributed by atoms with E-state index >= 15 is 0 Å². The molecule has 3 rings (SSSR count). The van der Waals surface area contributed by atoms with Crippen molar-refractivity contribution in [1.29, 1.82) is 0 Å². The van der Waals surface area contributed by atoms with Crippen LogP contribution in [0.4, 0.5) is 24.7 Å². The van der Waals surface area contributed by atoms with Crippen LogP contribution in [0.1, 0.15) is 18.2 Å². The molecule has 1 heterocycles. The molecule has 3 aromatic rings. The van der Waals surface area contributed by atoms with E-state index in [0.29, 0.717) is 23.3 Å². The molecule has 2 aromatic carbocycles. The lowest BCUT2D eigenvalue weighted by Gasteiger charge is -2.12. The number of aromatic nitrogens is 2. The van der Waals surface area contributed by atoms with Crippen LogP contribution >= 0.6 is 0 Å². The monoisotopic (exact) mass is 438 g/mol. The molecule has 1 aromatic heterocycles. The average Bonchev–Trinajstić information content (AvgIpc) is 3.01. The van der Waals surface area contributed by atoms with E-state index in [4.69, 9.17) is 0 Å². The summed E-state index contributed by atoms with van der Waals surface area (Å²) in [6.45, 7) is 3.11. The fraction of sp³-hybridized carbons (Fsp3) is 0.158. The fourth-order valence-electron chi connectivity index (χ4n) is 2.69. The van der Waals surface area contributed by atoms with Crippen molar-refractivity contribution in [2.24, 2.45) is 0 Å². The molecular formula is C19H17F3N4O3S. The molecule has 0 aliphatic carbocycles. The van der Waals surface area contributed by atoms with Crippen LogP contribution in [0.15, 0.2) is 59.5 Å². The Labute approximate surface area is 170 Å². The minimum atomic E-state index is -4.65. The predicted octanol–water partition coefficient (Wildman–Crippen LogP) is 3.96. The van der Waals surface area contributed by atoms with Gasteiger partial charge in [0, 0.05) is 18.7 Å². The Morgan fingerprint density at radius 1 is 1.07 bits per heavy atom. The molecular weight excluding hydrogens is 421 g/mol. The molecule has 30 heavy (non-hydrogen) atoms. The standard InChI is InChI=1S/C19H17F3N4O3S/c1-12-10-18(23-13(2)27)26(24-12)16-8-6-15(7-9-16)25-30(28,29)17-5-3-4-14(11-17)19(20,21)22/h3-11,25H,1-2H3,(H,23,27). The van der Waals surface area contributed by atoms with Crippen molar-refractivity contribution >= 4 is 27.4 Å². The molecule has 0 spiro atoms. The lowest BCUT2D eigenvalue weighted by Crippen LogP contribution is -2.15. The number of aryl methyl sites for hydroxylation is 1. The number of carbonyl (C=O) groups excluding carboxylic acids is 1. The van der Waals surface area contributed by atoms with E-state index < -0.39 is 26.7 Å². The molecule has 0 fully saturated rings. The molecule has 0 bridgehead atoms. The number of hydrogen-bond donors (Lipinski definition) is 2. The molecule has 0 saturated heterocycles. The maximum Gasteiger partial charge on any atom is 0.416 e. The third-order valence-corrected chi connectivity index (χ3v) is 5.35. The van der Waals surface area contributed by atoms with Crippen molar-refractivity contribution in [2.75, 3.05) is 10.0 Å². The number of halogens is 3. The van der Waals surface area contributed by atoms with Crippen molar-refractivity contribution in [2.45, 2.75) is 24.9 Å². The zero-order valence-electron chi connectivity index (χ0n) is 15.9. The van der Waals surface area contributed by atoms with E-state index in [-0.39, 0.29) is 11.6 Å². The molecule has 158 valence electrons. The van der Waals surface area contributed by atoms with Crippen molar-refractivity contribution in [3.05, 3.63) is 65.9 Å². The molecule has 11 heteroatoms. The number of benzene rings is 2. The average molecular weight is 438 g/mol. The Bertz CT molecular complexity index is 1190. The Morgan fingerprint density at radius 2 is 1.73 bits per heavy atom. The van der Waals surface area contributed by atoms with Gasteiger partial charge in [-0.25, -0.2) is 13.1 Å². The zero-order valence-corrected chi connectivity index (χ0v) is 16.7. The molecule has 0 aliphatic rings. The van der Waals surface area contributed by atoms with Crippen molar-refractivity contribution in [3.8, 4) is 5.69 Å². The number of amides is 1. The van der Waals surface area contributed by atoms with Crippen molar-refractivity contribution in [1.82, 2.24) is 9.78 Å². The smallest absolute Gasteiger partial charge is 0.311 e. The summed E-state index contributed by atoms with van der Waals surface area (Å²) in [5.74, 6) is 0.166. The van der Waals surface area contributed by atoms with Crippen LogP contribution in [0, 0.1) is 6.92 Å². The van der Waals surface area contributed by atoms with Gasteiger partial charge in [-0.1, -0.05) is 6.07 Å². The molecule has 2 N–H and O–H groups in total. The summed E-state index contributed by atoms with van der Waals surface area (Å²) in [6, 6.07) is 11.1. The van der Waals surface area contributed by atoms with Crippen molar-refractivity contribution in [3.63, 3.8) is 0 Å². The second-order valence-electron chi connectivity index (χ2n) is 6.44. The lowest BCUT2D eigenvalue weighted by atomic mass is 10.2. The first kappa shape index (κ1) is 21.4. The molecule has 7 nitrogen and oxygen atoms in total. The highest BCUT2D eigenvalue weighted by Gasteiger charge is 2.31. The normalized spacial score (nSPS) is 11.9. The Hall–Kier alpha value is -3.34. The number of rotatable bonds is 5. The molecule has 0 unspecified atom stereocenters. The van der Waals surface area contributed by atoms with E-state index in [9.17, 15) is 26.4 Å². The molecule has 0 saturated carbocycles. The summed E-state index contributed by atoms with van der Waals surface area (Å²) in [5, 5.41) is 6.92.